The fraction of sp³-hybridized carbons (Fsp3) is 1.00. The number of hydrogen-bond donors (Lipinski definition) is 1. The molecule has 15 heavy (non-hydrogen) atoms. The van der Waals surface area contributed by atoms with Crippen molar-refractivity contribution >= 4 is 10.2 Å². The Kier molecular flexibility index (Phi) is 5.02. The molecule has 0 aromatic rings. The first-order valence-corrected chi connectivity index (χ1v) is 7.29. The van der Waals surface area contributed by atoms with E-state index < -0.39 is 10.2 Å². The summed E-state index contributed by atoms with van der Waals surface area (Å²) < 4.78 is 28.0. The number of nitrogens with one attached hydrogen (secondary N) is 1. The van der Waals surface area contributed by atoms with Gasteiger partial charge in [-0.15, -0.1) is 0 Å². The molecule has 0 amide bonds. The third-order valence-electron chi connectivity index (χ3n) is 2.54. The van der Waals surface area contributed by atoms with Crippen LogP contribution in [0.1, 0.15) is 39.5 Å². The van der Waals surface area contributed by atoms with Gasteiger partial charge in [-0.3, -0.25) is 0 Å². The predicted molar refractivity (Wildman–Crippen MR) is 61.8 cm³/mol. The Hall–Kier alpha value is -0.130. The topological polar surface area (TPSA) is 49.4 Å². The van der Waals surface area contributed by atoms with Crippen LogP contribution in [0.15, 0.2) is 0 Å². The molecule has 1 fully saturated rings. The lowest BCUT2D eigenvalue weighted by Crippen LogP contribution is -2.42. The molecule has 0 aliphatic heterocycles. The average Bonchev–Trinajstić information content (AvgIpc) is 2.98. The summed E-state index contributed by atoms with van der Waals surface area (Å²) in [5.41, 5.74) is 0. The Bertz CT molecular complexity index is 267. The minimum Gasteiger partial charge on any atom is -0.202 e. The SMILES string of the molecule is CCCN(CCC)S(=O)(=O)NCC1CC1. The van der Waals surface area contributed by atoms with Crippen molar-refractivity contribution in [3.63, 3.8) is 0 Å². The van der Waals surface area contributed by atoms with Gasteiger partial charge in [0, 0.05) is 19.6 Å². The molecule has 0 aromatic heterocycles. The first-order chi connectivity index (χ1) is 7.10. The Labute approximate surface area is 93.2 Å². The van der Waals surface area contributed by atoms with Crippen molar-refractivity contribution in [1.82, 2.24) is 9.03 Å². The Morgan fingerprint density at radius 2 is 1.73 bits per heavy atom. The lowest BCUT2D eigenvalue weighted by Gasteiger charge is -2.21. The standard InChI is InChI=1S/C10H22N2O2S/c1-3-7-12(8-4-2)15(13,14)11-9-10-5-6-10/h10-11H,3-9H2,1-2H3. The summed E-state index contributed by atoms with van der Waals surface area (Å²) >= 11 is 0. The molecule has 0 spiro atoms. The van der Waals surface area contributed by atoms with E-state index in [1.54, 1.807) is 4.31 Å². The highest BCUT2D eigenvalue weighted by Crippen LogP contribution is 2.27. The van der Waals surface area contributed by atoms with Crippen molar-refractivity contribution in [3.8, 4) is 0 Å². The van der Waals surface area contributed by atoms with Gasteiger partial charge in [-0.05, 0) is 31.6 Å². The third-order valence-corrected chi connectivity index (χ3v) is 4.11. The molecule has 4 nitrogen and oxygen atoms in total. The largest absolute Gasteiger partial charge is 0.279 e. The predicted octanol–water partition coefficient (Wildman–Crippen LogP) is 1.35. The van der Waals surface area contributed by atoms with Crippen molar-refractivity contribution in [2.75, 3.05) is 19.6 Å². The van der Waals surface area contributed by atoms with E-state index in [4.69, 9.17) is 0 Å². The summed E-state index contributed by atoms with van der Waals surface area (Å²) in [6.07, 6.45) is 4.07. The van der Waals surface area contributed by atoms with Gasteiger partial charge in [-0.1, -0.05) is 13.8 Å². The van der Waals surface area contributed by atoms with Gasteiger partial charge in [0.05, 0.1) is 0 Å². The van der Waals surface area contributed by atoms with Crippen LogP contribution in [0.4, 0.5) is 0 Å². The summed E-state index contributed by atoms with van der Waals surface area (Å²) in [5.74, 6) is 0.588. The zero-order chi connectivity index (χ0) is 11.3. The second-order valence-corrected chi connectivity index (χ2v) is 5.95. The molecular weight excluding hydrogens is 212 g/mol. The second kappa shape index (κ2) is 5.82. The Balaban J connectivity index is 2.45. The van der Waals surface area contributed by atoms with Crippen LogP contribution in [0.25, 0.3) is 0 Å². The molecule has 0 radical (unpaired) electrons. The van der Waals surface area contributed by atoms with E-state index in [9.17, 15) is 8.42 Å². The van der Waals surface area contributed by atoms with Crippen molar-refractivity contribution < 1.29 is 8.42 Å². The van der Waals surface area contributed by atoms with Gasteiger partial charge in [-0.2, -0.15) is 12.7 Å². The van der Waals surface area contributed by atoms with Crippen molar-refractivity contribution in [2.24, 2.45) is 5.92 Å². The molecule has 0 aromatic carbocycles. The van der Waals surface area contributed by atoms with Crippen LogP contribution in [0, 0.1) is 5.92 Å². The van der Waals surface area contributed by atoms with Crippen LogP contribution in [0.5, 0.6) is 0 Å². The molecule has 0 atom stereocenters. The molecule has 1 aliphatic rings. The van der Waals surface area contributed by atoms with E-state index in [1.807, 2.05) is 13.8 Å². The lowest BCUT2D eigenvalue weighted by atomic mass is 10.4. The molecule has 1 N–H and O–H groups in total. The van der Waals surface area contributed by atoms with E-state index in [0.29, 0.717) is 25.6 Å². The minimum absolute atomic E-state index is 0.588. The van der Waals surface area contributed by atoms with Crippen LogP contribution < -0.4 is 4.72 Å². The third kappa shape index (κ3) is 4.49. The van der Waals surface area contributed by atoms with E-state index >= 15 is 0 Å². The molecule has 1 rings (SSSR count). The zero-order valence-corrected chi connectivity index (χ0v) is 10.5. The van der Waals surface area contributed by atoms with Gasteiger partial charge in [0.25, 0.3) is 10.2 Å². The van der Waals surface area contributed by atoms with Crippen molar-refractivity contribution in [3.05, 3.63) is 0 Å². The van der Waals surface area contributed by atoms with E-state index in [-0.39, 0.29) is 0 Å². The monoisotopic (exact) mass is 234 g/mol. The summed E-state index contributed by atoms with van der Waals surface area (Å²) in [5, 5.41) is 0. The van der Waals surface area contributed by atoms with Crippen LogP contribution >= 0.6 is 0 Å². The molecule has 5 heteroatoms. The number of nitrogens with zero attached hydrogens (tertiary/aromatic N) is 1. The van der Waals surface area contributed by atoms with Crippen LogP contribution in [0.2, 0.25) is 0 Å². The zero-order valence-electron chi connectivity index (χ0n) is 9.70. The van der Waals surface area contributed by atoms with E-state index in [1.165, 1.54) is 12.8 Å². The van der Waals surface area contributed by atoms with Gasteiger partial charge in [-0.25, -0.2) is 4.72 Å². The Morgan fingerprint density at radius 1 is 1.20 bits per heavy atom. The smallest absolute Gasteiger partial charge is 0.202 e. The summed E-state index contributed by atoms with van der Waals surface area (Å²) in [6.45, 7) is 5.85. The van der Waals surface area contributed by atoms with Gasteiger partial charge in [0.1, 0.15) is 0 Å². The number of rotatable bonds is 8. The highest BCUT2D eigenvalue weighted by Gasteiger charge is 2.26. The molecule has 0 bridgehead atoms. The summed E-state index contributed by atoms with van der Waals surface area (Å²) in [6, 6.07) is 0. The highest BCUT2D eigenvalue weighted by molar-refractivity contribution is 7.87. The van der Waals surface area contributed by atoms with Gasteiger partial charge >= 0.3 is 0 Å². The lowest BCUT2D eigenvalue weighted by molar-refractivity contribution is 0.401. The normalized spacial score (nSPS) is 17.3. The van der Waals surface area contributed by atoms with Crippen LogP contribution in [-0.2, 0) is 10.2 Å². The molecule has 1 saturated carbocycles. The molecule has 0 saturated heterocycles. The van der Waals surface area contributed by atoms with Gasteiger partial charge in [0.2, 0.25) is 0 Å². The molecule has 1 aliphatic carbocycles. The first-order valence-electron chi connectivity index (χ1n) is 5.84. The maximum atomic E-state index is 11.9. The van der Waals surface area contributed by atoms with Gasteiger partial charge in [0.15, 0.2) is 0 Å². The maximum Gasteiger partial charge on any atom is 0.279 e. The molecule has 0 unspecified atom stereocenters. The second-order valence-electron chi connectivity index (χ2n) is 4.20. The van der Waals surface area contributed by atoms with Gasteiger partial charge < -0.3 is 0 Å². The molecule has 0 heterocycles. The maximum absolute atomic E-state index is 11.9. The van der Waals surface area contributed by atoms with Crippen molar-refractivity contribution in [2.45, 2.75) is 39.5 Å². The highest BCUT2D eigenvalue weighted by atomic mass is 32.2. The minimum atomic E-state index is -3.22. The summed E-state index contributed by atoms with van der Waals surface area (Å²) in [7, 11) is -3.22. The first kappa shape index (κ1) is 12.9. The molecular formula is C10H22N2O2S. The van der Waals surface area contributed by atoms with E-state index in [2.05, 4.69) is 4.72 Å². The fourth-order valence-electron chi connectivity index (χ4n) is 1.49. The number of hydrogen-bond acceptors (Lipinski definition) is 2. The summed E-state index contributed by atoms with van der Waals surface area (Å²) in [4.78, 5) is 0. The van der Waals surface area contributed by atoms with Crippen LogP contribution in [0.3, 0.4) is 0 Å². The quantitative estimate of drug-likeness (QED) is 0.689. The van der Waals surface area contributed by atoms with Crippen LogP contribution in [-0.4, -0.2) is 32.4 Å². The fourth-order valence-corrected chi connectivity index (χ4v) is 2.96. The average molecular weight is 234 g/mol. The molecule has 90 valence electrons. The van der Waals surface area contributed by atoms with E-state index in [0.717, 1.165) is 12.8 Å². The Morgan fingerprint density at radius 3 is 2.13 bits per heavy atom. The van der Waals surface area contributed by atoms with Crippen molar-refractivity contribution in [1.29, 1.82) is 0 Å².